The summed E-state index contributed by atoms with van der Waals surface area (Å²) in [5.74, 6) is 0.490. The molecule has 0 spiro atoms. The minimum Gasteiger partial charge on any atom is -0.468 e. The Morgan fingerprint density at radius 2 is 1.95 bits per heavy atom. The summed E-state index contributed by atoms with van der Waals surface area (Å²) in [5.41, 5.74) is -0.664. The molecule has 0 saturated heterocycles. The van der Waals surface area contributed by atoms with E-state index in [4.69, 9.17) is 9.47 Å². The van der Waals surface area contributed by atoms with Gasteiger partial charge in [-0.2, -0.15) is 0 Å². The van der Waals surface area contributed by atoms with E-state index in [9.17, 15) is 4.79 Å². The fourth-order valence-electron chi connectivity index (χ4n) is 2.26. The third kappa shape index (κ3) is 7.85. The first kappa shape index (κ1) is 19.4. The second-order valence-electron chi connectivity index (χ2n) is 6.17. The monoisotopic (exact) mass is 287 g/mol. The molecule has 0 rings (SSSR count). The molecule has 0 aromatic carbocycles. The number of carbonyl (C=O) groups excluding carboxylic acids is 1. The molecular formula is C16H33NO3. The van der Waals surface area contributed by atoms with Crippen LogP contribution in [-0.2, 0) is 14.3 Å². The quantitative estimate of drug-likeness (QED) is 0.468. The van der Waals surface area contributed by atoms with Crippen LogP contribution in [0.4, 0.5) is 0 Å². The summed E-state index contributed by atoms with van der Waals surface area (Å²) in [6.45, 7) is 12.0. The Morgan fingerprint density at radius 1 is 1.30 bits per heavy atom. The molecule has 0 amide bonds. The molecule has 0 fully saturated rings. The molecule has 2 atom stereocenters. The van der Waals surface area contributed by atoms with Crippen LogP contribution in [0.25, 0.3) is 0 Å². The molecule has 2 unspecified atom stereocenters. The lowest BCUT2D eigenvalue weighted by molar-refractivity contribution is -0.149. The standard InChI is InChI=1S/C16H33NO3/c1-7-10-17-16(5,15(18)19-6)12-14(4)20-11-8-9-13(2)3/h13-14,17H,7-12H2,1-6H3. The van der Waals surface area contributed by atoms with E-state index in [1.54, 1.807) is 0 Å². The summed E-state index contributed by atoms with van der Waals surface area (Å²) in [7, 11) is 1.43. The number of ether oxygens (including phenoxy) is 2. The minimum absolute atomic E-state index is 0.0376. The van der Waals surface area contributed by atoms with E-state index in [-0.39, 0.29) is 12.1 Å². The van der Waals surface area contributed by atoms with Gasteiger partial charge in [-0.1, -0.05) is 20.8 Å². The molecule has 4 nitrogen and oxygen atoms in total. The fourth-order valence-corrected chi connectivity index (χ4v) is 2.26. The van der Waals surface area contributed by atoms with E-state index >= 15 is 0 Å². The topological polar surface area (TPSA) is 47.6 Å². The molecule has 0 bridgehead atoms. The molecule has 120 valence electrons. The lowest BCUT2D eigenvalue weighted by atomic mass is 9.94. The molecule has 20 heavy (non-hydrogen) atoms. The van der Waals surface area contributed by atoms with Crippen molar-refractivity contribution in [1.29, 1.82) is 0 Å². The molecule has 1 N–H and O–H groups in total. The molecule has 0 aromatic heterocycles. The van der Waals surface area contributed by atoms with Crippen LogP contribution in [-0.4, -0.2) is 37.9 Å². The van der Waals surface area contributed by atoms with Gasteiger partial charge >= 0.3 is 5.97 Å². The van der Waals surface area contributed by atoms with Crippen molar-refractivity contribution in [3.63, 3.8) is 0 Å². The van der Waals surface area contributed by atoms with Crippen molar-refractivity contribution in [3.05, 3.63) is 0 Å². The third-order valence-electron chi connectivity index (χ3n) is 3.42. The first-order valence-corrected chi connectivity index (χ1v) is 7.80. The Kier molecular flexibility index (Phi) is 9.86. The van der Waals surface area contributed by atoms with Gasteiger partial charge in [-0.25, -0.2) is 0 Å². The summed E-state index contributed by atoms with van der Waals surface area (Å²) < 4.78 is 10.7. The SMILES string of the molecule is CCCNC(C)(CC(C)OCCCC(C)C)C(=O)OC. The summed E-state index contributed by atoms with van der Waals surface area (Å²) in [6.07, 6.45) is 3.89. The zero-order valence-corrected chi connectivity index (χ0v) is 14.1. The van der Waals surface area contributed by atoms with Crippen LogP contribution in [0.5, 0.6) is 0 Å². The first-order chi connectivity index (χ1) is 9.35. The molecular weight excluding hydrogens is 254 g/mol. The fraction of sp³-hybridized carbons (Fsp3) is 0.938. The van der Waals surface area contributed by atoms with Crippen molar-refractivity contribution in [2.75, 3.05) is 20.3 Å². The molecule has 0 aliphatic heterocycles. The second-order valence-corrected chi connectivity index (χ2v) is 6.17. The lowest BCUT2D eigenvalue weighted by Crippen LogP contribution is -2.52. The van der Waals surface area contributed by atoms with Crippen molar-refractivity contribution in [2.45, 2.75) is 71.9 Å². The van der Waals surface area contributed by atoms with Crippen LogP contribution < -0.4 is 5.32 Å². The van der Waals surface area contributed by atoms with Gasteiger partial charge in [-0.3, -0.25) is 4.79 Å². The highest BCUT2D eigenvalue weighted by Gasteiger charge is 2.35. The number of rotatable bonds is 11. The Balaban J connectivity index is 4.24. The van der Waals surface area contributed by atoms with Gasteiger partial charge < -0.3 is 14.8 Å². The van der Waals surface area contributed by atoms with E-state index in [1.807, 2.05) is 13.8 Å². The predicted molar refractivity (Wildman–Crippen MR) is 82.8 cm³/mol. The van der Waals surface area contributed by atoms with Gasteiger partial charge in [0.25, 0.3) is 0 Å². The summed E-state index contributed by atoms with van der Waals surface area (Å²) >= 11 is 0. The molecule has 0 saturated carbocycles. The molecule has 4 heteroatoms. The average molecular weight is 287 g/mol. The Hall–Kier alpha value is -0.610. The van der Waals surface area contributed by atoms with E-state index in [2.05, 4.69) is 26.1 Å². The largest absolute Gasteiger partial charge is 0.468 e. The van der Waals surface area contributed by atoms with E-state index < -0.39 is 5.54 Å². The Bertz CT molecular complexity index is 268. The highest BCUT2D eigenvalue weighted by atomic mass is 16.5. The molecule has 0 heterocycles. The van der Waals surface area contributed by atoms with Gasteiger partial charge in [0, 0.05) is 13.0 Å². The van der Waals surface area contributed by atoms with Crippen molar-refractivity contribution >= 4 is 5.97 Å². The average Bonchev–Trinajstić information content (AvgIpc) is 2.40. The maximum absolute atomic E-state index is 12.0. The first-order valence-electron chi connectivity index (χ1n) is 7.80. The zero-order valence-electron chi connectivity index (χ0n) is 14.1. The van der Waals surface area contributed by atoms with E-state index in [0.29, 0.717) is 12.3 Å². The van der Waals surface area contributed by atoms with E-state index in [0.717, 1.165) is 26.0 Å². The summed E-state index contributed by atoms with van der Waals surface area (Å²) in [4.78, 5) is 12.0. The number of carbonyl (C=O) groups is 1. The number of nitrogens with one attached hydrogen (secondary N) is 1. The smallest absolute Gasteiger partial charge is 0.325 e. The Morgan fingerprint density at radius 3 is 2.45 bits per heavy atom. The maximum Gasteiger partial charge on any atom is 0.325 e. The van der Waals surface area contributed by atoms with Crippen LogP contribution in [0.1, 0.15) is 60.3 Å². The van der Waals surface area contributed by atoms with Crippen molar-refractivity contribution < 1.29 is 14.3 Å². The van der Waals surface area contributed by atoms with Crippen molar-refractivity contribution in [2.24, 2.45) is 5.92 Å². The highest BCUT2D eigenvalue weighted by molar-refractivity contribution is 5.80. The van der Waals surface area contributed by atoms with Gasteiger partial charge in [0.05, 0.1) is 13.2 Å². The molecule has 0 aromatic rings. The normalized spacial score (nSPS) is 15.9. The molecule has 0 aliphatic rings. The number of hydrogen-bond donors (Lipinski definition) is 1. The van der Waals surface area contributed by atoms with Crippen LogP contribution >= 0.6 is 0 Å². The highest BCUT2D eigenvalue weighted by Crippen LogP contribution is 2.17. The van der Waals surface area contributed by atoms with Gasteiger partial charge in [-0.05, 0) is 45.6 Å². The van der Waals surface area contributed by atoms with Crippen molar-refractivity contribution in [1.82, 2.24) is 5.32 Å². The van der Waals surface area contributed by atoms with Gasteiger partial charge in [0.15, 0.2) is 0 Å². The van der Waals surface area contributed by atoms with Gasteiger partial charge in [0.1, 0.15) is 5.54 Å². The summed E-state index contributed by atoms with van der Waals surface area (Å²) in [5, 5.41) is 3.28. The molecule has 0 radical (unpaired) electrons. The zero-order chi connectivity index (χ0) is 15.6. The number of hydrogen-bond acceptors (Lipinski definition) is 4. The van der Waals surface area contributed by atoms with Crippen LogP contribution in [0.3, 0.4) is 0 Å². The van der Waals surface area contributed by atoms with Crippen molar-refractivity contribution in [3.8, 4) is 0 Å². The van der Waals surface area contributed by atoms with Crippen LogP contribution in [0.15, 0.2) is 0 Å². The van der Waals surface area contributed by atoms with Gasteiger partial charge in [0.2, 0.25) is 0 Å². The second kappa shape index (κ2) is 10.2. The number of methoxy groups -OCH3 is 1. The minimum atomic E-state index is -0.664. The lowest BCUT2D eigenvalue weighted by Gasteiger charge is -2.30. The third-order valence-corrected chi connectivity index (χ3v) is 3.42. The van der Waals surface area contributed by atoms with Crippen LogP contribution in [0.2, 0.25) is 0 Å². The maximum atomic E-state index is 12.0. The Labute approximate surface area is 124 Å². The van der Waals surface area contributed by atoms with Crippen LogP contribution in [0, 0.1) is 5.92 Å². The number of esters is 1. The molecule has 0 aliphatic carbocycles. The summed E-state index contributed by atoms with van der Waals surface area (Å²) in [6, 6.07) is 0. The van der Waals surface area contributed by atoms with E-state index in [1.165, 1.54) is 13.5 Å². The van der Waals surface area contributed by atoms with Gasteiger partial charge in [-0.15, -0.1) is 0 Å². The predicted octanol–water partition coefficient (Wildman–Crippen LogP) is 3.15.